The first-order chi connectivity index (χ1) is 8.87. The number of ether oxygens (including phenoxy) is 1. The number of carbonyl (C=O) groups is 2. The number of carbonyl (C=O) groups excluding carboxylic acids is 2. The van der Waals surface area contributed by atoms with Crippen molar-refractivity contribution in [3.63, 3.8) is 0 Å². The summed E-state index contributed by atoms with van der Waals surface area (Å²) in [7, 11) is 0. The zero-order valence-electron chi connectivity index (χ0n) is 12.3. The minimum atomic E-state index is -0.529. The van der Waals surface area contributed by atoms with E-state index in [1.807, 2.05) is 0 Å². The molecule has 5 heteroatoms. The second kappa shape index (κ2) is 7.48. The number of ketones is 1. The van der Waals surface area contributed by atoms with E-state index in [1.54, 1.807) is 20.8 Å². The van der Waals surface area contributed by atoms with Crippen LogP contribution < -0.4 is 10.6 Å². The van der Waals surface area contributed by atoms with E-state index in [-0.39, 0.29) is 12.3 Å². The summed E-state index contributed by atoms with van der Waals surface area (Å²) in [5.74, 6) is 0.468. The minimum Gasteiger partial charge on any atom is -0.444 e. The van der Waals surface area contributed by atoms with Crippen LogP contribution in [0.4, 0.5) is 4.79 Å². The molecule has 0 bridgehead atoms. The monoisotopic (exact) mass is 270 g/mol. The topological polar surface area (TPSA) is 67.4 Å². The minimum absolute atomic E-state index is 0.0609. The van der Waals surface area contributed by atoms with E-state index in [4.69, 9.17) is 4.74 Å². The van der Waals surface area contributed by atoms with Crippen LogP contribution in [-0.2, 0) is 9.53 Å². The maximum Gasteiger partial charge on any atom is 0.408 e. The fourth-order valence-corrected chi connectivity index (χ4v) is 2.14. The highest BCUT2D eigenvalue weighted by Crippen LogP contribution is 2.15. The molecule has 1 rings (SSSR count). The van der Waals surface area contributed by atoms with Crippen LogP contribution in [0.15, 0.2) is 0 Å². The van der Waals surface area contributed by atoms with Crippen molar-refractivity contribution >= 4 is 11.9 Å². The number of amides is 1. The second-order valence-electron chi connectivity index (χ2n) is 6.16. The average molecular weight is 270 g/mol. The molecule has 1 aliphatic heterocycles. The standard InChI is InChI=1S/C14H26N2O3/c1-14(2,3)19-13(18)16-10-12(17)8-11-6-4-5-7-15-9-11/h11,15H,4-10H2,1-3H3,(H,16,18). The number of hydrogen-bond acceptors (Lipinski definition) is 4. The van der Waals surface area contributed by atoms with Gasteiger partial charge >= 0.3 is 6.09 Å². The van der Waals surface area contributed by atoms with Crippen LogP contribution in [0.3, 0.4) is 0 Å². The van der Waals surface area contributed by atoms with E-state index in [9.17, 15) is 9.59 Å². The van der Waals surface area contributed by atoms with Crippen molar-refractivity contribution in [3.8, 4) is 0 Å². The molecule has 1 atom stereocenters. The van der Waals surface area contributed by atoms with Crippen LogP contribution in [0, 0.1) is 5.92 Å². The van der Waals surface area contributed by atoms with Gasteiger partial charge in [0.2, 0.25) is 0 Å². The van der Waals surface area contributed by atoms with Gasteiger partial charge in [0.1, 0.15) is 5.60 Å². The Bertz CT molecular complexity index is 302. The van der Waals surface area contributed by atoms with Crippen LogP contribution in [0.25, 0.3) is 0 Å². The zero-order valence-corrected chi connectivity index (χ0v) is 12.3. The third kappa shape index (κ3) is 7.82. The maximum atomic E-state index is 11.8. The molecular weight excluding hydrogens is 244 g/mol. The van der Waals surface area contributed by atoms with Gasteiger partial charge in [0.05, 0.1) is 6.54 Å². The molecule has 2 N–H and O–H groups in total. The van der Waals surface area contributed by atoms with Gasteiger partial charge in [-0.25, -0.2) is 4.79 Å². The van der Waals surface area contributed by atoms with E-state index in [1.165, 1.54) is 12.8 Å². The van der Waals surface area contributed by atoms with Gasteiger partial charge in [-0.05, 0) is 52.6 Å². The lowest BCUT2D eigenvalue weighted by Crippen LogP contribution is -2.36. The Hall–Kier alpha value is -1.10. The normalized spacial score (nSPS) is 20.5. The van der Waals surface area contributed by atoms with Gasteiger partial charge in [-0.2, -0.15) is 0 Å². The molecule has 0 saturated carbocycles. The van der Waals surface area contributed by atoms with Crippen LogP contribution in [0.5, 0.6) is 0 Å². The lowest BCUT2D eigenvalue weighted by Gasteiger charge is -2.19. The van der Waals surface area contributed by atoms with Crippen LogP contribution in [0.2, 0.25) is 0 Å². The van der Waals surface area contributed by atoms with Gasteiger partial charge in [-0.1, -0.05) is 6.42 Å². The molecule has 0 radical (unpaired) electrons. The van der Waals surface area contributed by atoms with Gasteiger partial charge in [0.25, 0.3) is 0 Å². The highest BCUT2D eigenvalue weighted by atomic mass is 16.6. The number of hydrogen-bond donors (Lipinski definition) is 2. The molecule has 0 aromatic carbocycles. The van der Waals surface area contributed by atoms with Crippen molar-refractivity contribution in [2.24, 2.45) is 5.92 Å². The lowest BCUT2D eigenvalue weighted by molar-refractivity contribution is -0.119. The SMILES string of the molecule is CC(C)(C)OC(=O)NCC(=O)CC1CCCCNC1. The third-order valence-electron chi connectivity index (χ3n) is 2.99. The lowest BCUT2D eigenvalue weighted by atomic mass is 9.97. The molecule has 0 spiro atoms. The Morgan fingerprint density at radius 3 is 2.74 bits per heavy atom. The molecule has 110 valence electrons. The third-order valence-corrected chi connectivity index (χ3v) is 2.99. The van der Waals surface area contributed by atoms with Crippen molar-refractivity contribution < 1.29 is 14.3 Å². The smallest absolute Gasteiger partial charge is 0.408 e. The van der Waals surface area contributed by atoms with Crippen molar-refractivity contribution in [3.05, 3.63) is 0 Å². The molecule has 1 fully saturated rings. The molecule has 1 amide bonds. The first-order valence-corrected chi connectivity index (χ1v) is 7.06. The van der Waals surface area contributed by atoms with Crippen molar-refractivity contribution in [2.45, 2.75) is 52.1 Å². The predicted octanol–water partition coefficient (Wildman–Crippen LogP) is 1.86. The number of Topliss-reactive ketones (excluding diaryl/α,β-unsaturated/α-hetero) is 1. The molecule has 5 nitrogen and oxygen atoms in total. The van der Waals surface area contributed by atoms with E-state index in [2.05, 4.69) is 10.6 Å². The summed E-state index contributed by atoms with van der Waals surface area (Å²) in [6.07, 6.45) is 3.44. The molecule has 19 heavy (non-hydrogen) atoms. The molecule has 0 aromatic heterocycles. The summed E-state index contributed by atoms with van der Waals surface area (Å²) in [5.41, 5.74) is -0.529. The van der Waals surface area contributed by atoms with Crippen LogP contribution in [-0.4, -0.2) is 37.1 Å². The molecule has 1 saturated heterocycles. The molecule has 1 heterocycles. The predicted molar refractivity (Wildman–Crippen MR) is 74.1 cm³/mol. The summed E-state index contributed by atoms with van der Waals surface area (Å²) < 4.78 is 5.08. The van der Waals surface area contributed by atoms with Crippen LogP contribution in [0.1, 0.15) is 46.5 Å². The largest absolute Gasteiger partial charge is 0.444 e. The van der Waals surface area contributed by atoms with E-state index in [0.717, 1.165) is 19.5 Å². The second-order valence-corrected chi connectivity index (χ2v) is 6.16. The fraction of sp³-hybridized carbons (Fsp3) is 0.857. The highest BCUT2D eigenvalue weighted by molar-refractivity contribution is 5.84. The summed E-state index contributed by atoms with van der Waals surface area (Å²) in [4.78, 5) is 23.2. The zero-order chi connectivity index (χ0) is 14.3. The molecule has 1 unspecified atom stereocenters. The molecular formula is C14H26N2O3. The maximum absolute atomic E-state index is 11.8. The van der Waals surface area contributed by atoms with E-state index >= 15 is 0 Å². The van der Waals surface area contributed by atoms with E-state index in [0.29, 0.717) is 12.3 Å². The summed E-state index contributed by atoms with van der Waals surface area (Å²) in [6, 6.07) is 0. The number of nitrogens with one attached hydrogen (secondary N) is 2. The average Bonchev–Trinajstić information content (AvgIpc) is 2.53. The van der Waals surface area contributed by atoms with Gasteiger partial charge in [-0.3, -0.25) is 4.79 Å². The molecule has 1 aliphatic rings. The van der Waals surface area contributed by atoms with Gasteiger partial charge in [0.15, 0.2) is 5.78 Å². The summed E-state index contributed by atoms with van der Waals surface area (Å²) in [6.45, 7) is 7.40. The quantitative estimate of drug-likeness (QED) is 0.818. The van der Waals surface area contributed by atoms with E-state index < -0.39 is 11.7 Å². The summed E-state index contributed by atoms with van der Waals surface area (Å²) >= 11 is 0. The Morgan fingerprint density at radius 2 is 2.05 bits per heavy atom. The molecule has 0 aliphatic carbocycles. The first kappa shape index (κ1) is 16.0. The molecule has 0 aromatic rings. The Labute approximate surface area is 115 Å². The Balaban J connectivity index is 2.21. The van der Waals surface area contributed by atoms with Crippen molar-refractivity contribution in [1.29, 1.82) is 0 Å². The Morgan fingerprint density at radius 1 is 1.32 bits per heavy atom. The highest BCUT2D eigenvalue weighted by Gasteiger charge is 2.19. The van der Waals surface area contributed by atoms with Gasteiger partial charge < -0.3 is 15.4 Å². The Kier molecular flexibility index (Phi) is 6.28. The van der Waals surface area contributed by atoms with Gasteiger partial charge in [0, 0.05) is 6.42 Å². The van der Waals surface area contributed by atoms with Gasteiger partial charge in [-0.15, -0.1) is 0 Å². The fourth-order valence-electron chi connectivity index (χ4n) is 2.14. The number of alkyl carbamates (subject to hydrolysis) is 1. The first-order valence-electron chi connectivity index (χ1n) is 7.06. The number of rotatable bonds is 4. The van der Waals surface area contributed by atoms with Crippen molar-refractivity contribution in [1.82, 2.24) is 10.6 Å². The summed E-state index contributed by atoms with van der Waals surface area (Å²) in [5, 5.41) is 5.85. The van der Waals surface area contributed by atoms with Crippen LogP contribution >= 0.6 is 0 Å². The van der Waals surface area contributed by atoms with Crippen molar-refractivity contribution in [2.75, 3.05) is 19.6 Å².